The molecule has 150 valence electrons. The van der Waals surface area contributed by atoms with Crippen molar-refractivity contribution in [2.24, 2.45) is 0 Å². The standard InChI is InChI=1S/C20H25FN4O3/c21-15-6-4-5-14(11-15)16-12-22-9-10-24(16)17(26)13-25-18(27)20(23-19(25)28)7-2-1-3-8-20/h4-6,11,16,22H,1-3,7-10,12-13H2,(H,23,28). The lowest BCUT2D eigenvalue weighted by Crippen LogP contribution is -2.52. The van der Waals surface area contributed by atoms with E-state index in [1.54, 1.807) is 17.0 Å². The van der Waals surface area contributed by atoms with Crippen LogP contribution in [0.1, 0.15) is 43.7 Å². The number of benzene rings is 1. The van der Waals surface area contributed by atoms with Gasteiger partial charge in [0.1, 0.15) is 17.9 Å². The predicted octanol–water partition coefficient (Wildman–Crippen LogP) is 1.55. The summed E-state index contributed by atoms with van der Waals surface area (Å²) < 4.78 is 13.7. The van der Waals surface area contributed by atoms with Gasteiger partial charge in [-0.25, -0.2) is 9.18 Å². The third-order valence-electron chi connectivity index (χ3n) is 6.04. The molecule has 3 fully saturated rings. The van der Waals surface area contributed by atoms with Crippen molar-refractivity contribution >= 4 is 17.8 Å². The van der Waals surface area contributed by atoms with Gasteiger partial charge in [0.2, 0.25) is 5.91 Å². The molecule has 2 heterocycles. The summed E-state index contributed by atoms with van der Waals surface area (Å²) in [6.45, 7) is 1.27. The maximum Gasteiger partial charge on any atom is 0.325 e. The lowest BCUT2D eigenvalue weighted by molar-refractivity contribution is -0.141. The Kier molecular flexibility index (Phi) is 5.05. The van der Waals surface area contributed by atoms with Crippen LogP contribution in [-0.4, -0.2) is 59.4 Å². The predicted molar refractivity (Wildman–Crippen MR) is 99.8 cm³/mol. The minimum atomic E-state index is -0.832. The summed E-state index contributed by atoms with van der Waals surface area (Å²) in [5, 5.41) is 6.05. The summed E-state index contributed by atoms with van der Waals surface area (Å²) in [7, 11) is 0. The van der Waals surface area contributed by atoms with E-state index in [9.17, 15) is 18.8 Å². The van der Waals surface area contributed by atoms with Crippen LogP contribution in [0.15, 0.2) is 24.3 Å². The molecular formula is C20H25FN4O3. The van der Waals surface area contributed by atoms with Gasteiger partial charge in [-0.15, -0.1) is 0 Å². The van der Waals surface area contributed by atoms with Gasteiger partial charge in [0.05, 0.1) is 6.04 Å². The van der Waals surface area contributed by atoms with Crippen LogP contribution in [0.3, 0.4) is 0 Å². The Morgan fingerprint density at radius 3 is 2.75 bits per heavy atom. The van der Waals surface area contributed by atoms with E-state index in [0.717, 1.165) is 24.2 Å². The number of nitrogens with zero attached hydrogens (tertiary/aromatic N) is 2. The number of halogens is 1. The van der Waals surface area contributed by atoms with Gasteiger partial charge in [0.25, 0.3) is 5.91 Å². The first-order valence-electron chi connectivity index (χ1n) is 9.90. The number of rotatable bonds is 3. The summed E-state index contributed by atoms with van der Waals surface area (Å²) in [6, 6.07) is 5.36. The van der Waals surface area contributed by atoms with Crippen molar-refractivity contribution in [1.82, 2.24) is 20.4 Å². The highest BCUT2D eigenvalue weighted by atomic mass is 19.1. The molecule has 2 aliphatic heterocycles. The van der Waals surface area contributed by atoms with E-state index in [4.69, 9.17) is 0 Å². The fourth-order valence-corrected chi connectivity index (χ4v) is 4.55. The van der Waals surface area contributed by atoms with Crippen molar-refractivity contribution in [2.75, 3.05) is 26.2 Å². The Morgan fingerprint density at radius 1 is 1.21 bits per heavy atom. The Hall–Kier alpha value is -2.48. The fourth-order valence-electron chi connectivity index (χ4n) is 4.55. The molecule has 1 saturated carbocycles. The first kappa shape index (κ1) is 18.9. The second-order valence-electron chi connectivity index (χ2n) is 7.83. The summed E-state index contributed by atoms with van der Waals surface area (Å²) in [6.07, 6.45) is 4.10. The molecule has 4 amide bonds. The fraction of sp³-hybridized carbons (Fsp3) is 0.550. The SMILES string of the molecule is O=C1NC2(CCCCC2)C(=O)N1CC(=O)N1CCNCC1c1cccc(F)c1. The van der Waals surface area contributed by atoms with Gasteiger partial charge in [0, 0.05) is 19.6 Å². The Labute approximate surface area is 163 Å². The van der Waals surface area contributed by atoms with Crippen LogP contribution in [0.25, 0.3) is 0 Å². The smallest absolute Gasteiger partial charge is 0.325 e. The van der Waals surface area contributed by atoms with E-state index in [0.29, 0.717) is 38.0 Å². The van der Waals surface area contributed by atoms with E-state index < -0.39 is 11.6 Å². The van der Waals surface area contributed by atoms with Crippen LogP contribution < -0.4 is 10.6 Å². The van der Waals surface area contributed by atoms with Crippen LogP contribution >= 0.6 is 0 Å². The van der Waals surface area contributed by atoms with Crippen molar-refractivity contribution in [3.8, 4) is 0 Å². The van der Waals surface area contributed by atoms with E-state index in [-0.39, 0.29) is 30.2 Å². The van der Waals surface area contributed by atoms with Crippen LogP contribution in [0, 0.1) is 5.82 Å². The summed E-state index contributed by atoms with van der Waals surface area (Å²) >= 11 is 0. The van der Waals surface area contributed by atoms with Crippen LogP contribution in [0.2, 0.25) is 0 Å². The maximum absolute atomic E-state index is 13.7. The van der Waals surface area contributed by atoms with Crippen LogP contribution in [-0.2, 0) is 9.59 Å². The van der Waals surface area contributed by atoms with Crippen molar-refractivity contribution in [2.45, 2.75) is 43.7 Å². The molecule has 8 heteroatoms. The van der Waals surface area contributed by atoms with Crippen molar-refractivity contribution in [1.29, 1.82) is 0 Å². The summed E-state index contributed by atoms with van der Waals surface area (Å²) in [5.74, 6) is -0.945. The Balaban J connectivity index is 1.50. The number of carbonyl (C=O) groups is 3. The van der Waals surface area contributed by atoms with Crippen molar-refractivity contribution < 1.29 is 18.8 Å². The summed E-state index contributed by atoms with van der Waals surface area (Å²) in [4.78, 5) is 41.1. The third-order valence-corrected chi connectivity index (χ3v) is 6.04. The van der Waals surface area contributed by atoms with Gasteiger partial charge in [-0.2, -0.15) is 0 Å². The first-order valence-corrected chi connectivity index (χ1v) is 9.90. The molecule has 1 spiro atoms. The van der Waals surface area contributed by atoms with Crippen molar-refractivity contribution in [3.05, 3.63) is 35.6 Å². The molecule has 28 heavy (non-hydrogen) atoms. The van der Waals surface area contributed by atoms with Gasteiger partial charge in [-0.05, 0) is 30.5 Å². The number of hydrogen-bond donors (Lipinski definition) is 2. The minimum absolute atomic E-state index is 0.280. The van der Waals surface area contributed by atoms with Gasteiger partial charge in [-0.3, -0.25) is 14.5 Å². The number of carbonyl (C=O) groups excluding carboxylic acids is 3. The van der Waals surface area contributed by atoms with Gasteiger partial charge >= 0.3 is 6.03 Å². The average Bonchev–Trinajstić information content (AvgIpc) is 2.92. The number of nitrogens with one attached hydrogen (secondary N) is 2. The monoisotopic (exact) mass is 388 g/mol. The second-order valence-corrected chi connectivity index (χ2v) is 7.83. The zero-order chi connectivity index (χ0) is 19.7. The van der Waals surface area contributed by atoms with E-state index in [2.05, 4.69) is 10.6 Å². The number of imide groups is 1. The zero-order valence-corrected chi connectivity index (χ0v) is 15.7. The molecule has 0 radical (unpaired) electrons. The molecule has 2 saturated heterocycles. The van der Waals surface area contributed by atoms with Gasteiger partial charge < -0.3 is 15.5 Å². The third kappa shape index (κ3) is 3.37. The molecule has 1 aromatic carbocycles. The maximum atomic E-state index is 13.7. The molecule has 1 aromatic rings. The highest BCUT2D eigenvalue weighted by molar-refractivity contribution is 6.09. The minimum Gasteiger partial charge on any atom is -0.332 e. The lowest BCUT2D eigenvalue weighted by Gasteiger charge is -2.37. The normalized spacial score (nSPS) is 24.5. The van der Waals surface area contributed by atoms with E-state index in [1.165, 1.54) is 12.1 Å². The molecule has 0 aromatic heterocycles. The van der Waals surface area contributed by atoms with Crippen molar-refractivity contribution in [3.63, 3.8) is 0 Å². The van der Waals surface area contributed by atoms with Gasteiger partial charge in [0.15, 0.2) is 0 Å². The number of hydrogen-bond acceptors (Lipinski definition) is 4. The first-order chi connectivity index (χ1) is 13.5. The quantitative estimate of drug-likeness (QED) is 0.770. The molecule has 3 aliphatic rings. The molecule has 0 bridgehead atoms. The number of piperazine rings is 1. The molecule has 1 unspecified atom stereocenters. The molecule has 4 rings (SSSR count). The van der Waals surface area contributed by atoms with E-state index >= 15 is 0 Å². The Bertz CT molecular complexity index is 793. The highest BCUT2D eigenvalue weighted by Crippen LogP contribution is 2.34. The van der Waals surface area contributed by atoms with Gasteiger partial charge in [-0.1, -0.05) is 31.4 Å². The summed E-state index contributed by atoms with van der Waals surface area (Å²) in [5.41, 5.74) is -0.136. The largest absolute Gasteiger partial charge is 0.332 e. The topological polar surface area (TPSA) is 81.8 Å². The zero-order valence-electron chi connectivity index (χ0n) is 15.7. The molecule has 2 N–H and O–H groups in total. The lowest BCUT2D eigenvalue weighted by atomic mass is 9.82. The van der Waals surface area contributed by atoms with Crippen LogP contribution in [0.5, 0.6) is 0 Å². The van der Waals surface area contributed by atoms with E-state index in [1.807, 2.05) is 0 Å². The van der Waals surface area contributed by atoms with Crippen LogP contribution in [0.4, 0.5) is 9.18 Å². The molecule has 1 aliphatic carbocycles. The molecule has 1 atom stereocenters. The average molecular weight is 388 g/mol. The second kappa shape index (κ2) is 7.50. The highest BCUT2D eigenvalue weighted by Gasteiger charge is 2.52. The number of amides is 4. The Morgan fingerprint density at radius 2 is 2.00 bits per heavy atom. The molecular weight excluding hydrogens is 363 g/mol. The number of urea groups is 1. The molecule has 7 nitrogen and oxygen atoms in total.